The van der Waals surface area contributed by atoms with Crippen molar-refractivity contribution in [1.82, 2.24) is 80.4 Å². The predicted octanol–water partition coefficient (Wildman–Crippen LogP) is 4.83. The number of ether oxygens (including phenoxy) is 1. The Morgan fingerprint density at radius 3 is 1.33 bits per heavy atom. The number of Topliss-reactive ketones (excluding diaryl/α,β-unsaturated/α-hetero) is 2. The van der Waals surface area contributed by atoms with Crippen molar-refractivity contribution in [3.8, 4) is 34.6 Å². The van der Waals surface area contributed by atoms with Crippen LogP contribution in [-0.4, -0.2) is 94.9 Å². The Labute approximate surface area is 377 Å². The Hall–Kier alpha value is -7.47. The Bertz CT molecular complexity index is 2310. The van der Waals surface area contributed by atoms with Gasteiger partial charge in [0.1, 0.15) is 23.1 Å². The van der Waals surface area contributed by atoms with E-state index in [1.54, 1.807) is 74.4 Å². The molecule has 0 saturated carbocycles. The van der Waals surface area contributed by atoms with E-state index in [0.717, 1.165) is 53.4 Å². The fourth-order valence-electron chi connectivity index (χ4n) is 4.50. The second-order valence-corrected chi connectivity index (χ2v) is 12.1. The van der Waals surface area contributed by atoms with E-state index in [1.807, 2.05) is 32.0 Å². The molecule has 8 aromatic heterocycles. The molecular weight excluding hydrogens is 988 g/mol. The van der Waals surface area contributed by atoms with Gasteiger partial charge in [-0.15, -0.1) is 0 Å². The molecule has 0 aliphatic carbocycles. The summed E-state index contributed by atoms with van der Waals surface area (Å²) in [7, 11) is 1.29. The number of ketones is 2. The van der Waals surface area contributed by atoms with Gasteiger partial charge in [0.15, 0.2) is 11.6 Å². The van der Waals surface area contributed by atoms with Crippen LogP contribution in [-0.2, 0) is 49.9 Å². The van der Waals surface area contributed by atoms with E-state index in [-0.39, 0.29) is 50.7 Å². The standard InChI is InChI=1S/C9H10N4.2C9H9N4.C9H10N2O2.C6H6N2O2.Pt/c3*1-2-7-6-8(13-12-7)9-10-4-3-5-11-9;1-2-7(12)6-8(13)9-10-4-3-5-11-9;1-10-6(9)5-7-3-2-4-8-5;/h3-6H,2H2,1H3,(H,12,13);2*3-6H,2H2,1H3;3-5H,2,6H2,1H3;2-4H,1H3;/q;2*-1;;;+2. The van der Waals surface area contributed by atoms with Crippen LogP contribution in [0.4, 0.5) is 0 Å². The van der Waals surface area contributed by atoms with Gasteiger partial charge in [0, 0.05) is 85.5 Å². The van der Waals surface area contributed by atoms with Crippen LogP contribution in [0.1, 0.15) is 78.9 Å². The molecule has 0 spiro atoms. The molecular formula is C42H44N16O4Pt. The van der Waals surface area contributed by atoms with Crippen LogP contribution < -0.4 is 10.2 Å². The van der Waals surface area contributed by atoms with Gasteiger partial charge in [-0.2, -0.15) is 5.10 Å². The van der Waals surface area contributed by atoms with Crippen LogP contribution in [0, 0.1) is 0 Å². The number of carbonyl (C=O) groups is 3. The fourth-order valence-corrected chi connectivity index (χ4v) is 4.50. The van der Waals surface area contributed by atoms with Crippen molar-refractivity contribution < 1.29 is 40.2 Å². The van der Waals surface area contributed by atoms with Crippen molar-refractivity contribution in [2.75, 3.05) is 7.11 Å². The number of nitrogens with zero attached hydrogens (tertiary/aromatic N) is 15. The van der Waals surface area contributed by atoms with E-state index in [4.69, 9.17) is 0 Å². The molecule has 0 atom stereocenters. The largest absolute Gasteiger partial charge is 2.00 e. The smallest absolute Gasteiger partial charge is 0.572 e. The molecule has 8 rings (SSSR count). The minimum Gasteiger partial charge on any atom is -0.572 e. The molecule has 0 bridgehead atoms. The summed E-state index contributed by atoms with van der Waals surface area (Å²) in [6.07, 6.45) is 19.1. The first-order chi connectivity index (χ1) is 30.3. The number of aryl methyl sites for hydroxylation is 3. The number of aromatic nitrogens is 16. The normalized spacial score (nSPS) is 9.73. The summed E-state index contributed by atoms with van der Waals surface area (Å²) >= 11 is 0. The Kier molecular flexibility index (Phi) is 22.3. The van der Waals surface area contributed by atoms with E-state index >= 15 is 0 Å². The first kappa shape index (κ1) is 49.9. The van der Waals surface area contributed by atoms with Crippen LogP contribution in [0.15, 0.2) is 110 Å². The molecule has 0 unspecified atom stereocenters. The van der Waals surface area contributed by atoms with Gasteiger partial charge in [0.05, 0.1) is 13.5 Å². The number of hydrogen-bond donors (Lipinski definition) is 1. The van der Waals surface area contributed by atoms with Gasteiger partial charge >= 0.3 is 27.0 Å². The first-order valence-electron chi connectivity index (χ1n) is 19.3. The number of H-pyrrole nitrogens is 1. The topological polar surface area (TPSA) is 272 Å². The van der Waals surface area contributed by atoms with Crippen molar-refractivity contribution in [2.24, 2.45) is 0 Å². The van der Waals surface area contributed by atoms with Gasteiger partial charge in [-0.3, -0.25) is 14.7 Å². The maximum atomic E-state index is 11.3. The van der Waals surface area contributed by atoms with Crippen LogP contribution in [0.3, 0.4) is 0 Å². The average Bonchev–Trinajstić information content (AvgIpc) is 4.16. The number of aromatic amines is 1. The number of carbonyl (C=O) groups excluding carboxylic acids is 3. The number of methoxy groups -OCH3 is 1. The van der Waals surface area contributed by atoms with Crippen molar-refractivity contribution in [3.63, 3.8) is 0 Å². The van der Waals surface area contributed by atoms with Crippen molar-refractivity contribution in [3.05, 3.63) is 139 Å². The fraction of sp³-hybridized carbons (Fsp3) is 0.238. The van der Waals surface area contributed by atoms with Crippen LogP contribution in [0.5, 0.6) is 0 Å². The summed E-state index contributed by atoms with van der Waals surface area (Å²) in [5, 5.41) is 23.0. The van der Waals surface area contributed by atoms with Gasteiger partial charge in [0.2, 0.25) is 11.6 Å². The van der Waals surface area contributed by atoms with Crippen molar-refractivity contribution >= 4 is 17.5 Å². The maximum Gasteiger partial charge on any atom is 2.00 e. The molecule has 0 aromatic carbocycles. The van der Waals surface area contributed by atoms with Crippen molar-refractivity contribution in [1.29, 1.82) is 0 Å². The number of hydrogen-bond acceptors (Lipinski definition) is 17. The Morgan fingerprint density at radius 2 is 0.968 bits per heavy atom. The molecule has 0 fully saturated rings. The third kappa shape index (κ3) is 17.2. The molecule has 20 nitrogen and oxygen atoms in total. The molecule has 0 amide bonds. The second-order valence-electron chi connectivity index (χ2n) is 12.1. The summed E-state index contributed by atoms with van der Waals surface area (Å²) in [5.41, 5.74) is 5.35. The number of nitrogens with one attached hydrogen (secondary N) is 1. The Morgan fingerprint density at radius 1 is 0.556 bits per heavy atom. The van der Waals surface area contributed by atoms with E-state index in [1.165, 1.54) is 31.9 Å². The SMILES string of the molecule is CCC(=O)CC(=O)c1ncccn1.CCc1cc(-c2ncccn2)[n-]n1.CCc1cc(-c2ncccn2)[n-]n1.CCc1cc(-c2ncccn2)n[nH]1.COC(=O)c1ncccn1.[Pt+2]. The van der Waals surface area contributed by atoms with Gasteiger partial charge in [-0.1, -0.05) is 51.2 Å². The summed E-state index contributed by atoms with van der Waals surface area (Å²) < 4.78 is 4.37. The van der Waals surface area contributed by atoms with Gasteiger partial charge in [-0.05, 0) is 55.7 Å². The zero-order valence-electron chi connectivity index (χ0n) is 35.1. The molecule has 326 valence electrons. The third-order valence-electron chi connectivity index (χ3n) is 7.80. The minimum absolute atomic E-state index is 0. The van der Waals surface area contributed by atoms with E-state index in [2.05, 4.69) is 92.1 Å². The molecule has 0 radical (unpaired) electrons. The first-order valence-corrected chi connectivity index (χ1v) is 19.3. The summed E-state index contributed by atoms with van der Waals surface area (Å²) in [5.74, 6) is 1.22. The van der Waals surface area contributed by atoms with E-state index in [0.29, 0.717) is 23.9 Å². The van der Waals surface area contributed by atoms with Crippen LogP contribution in [0.2, 0.25) is 0 Å². The molecule has 8 heterocycles. The quantitative estimate of drug-likeness (QED) is 0.103. The number of rotatable bonds is 11. The minimum atomic E-state index is -0.513. The average molecular weight is 1030 g/mol. The Balaban J connectivity index is 0.000000209. The molecule has 21 heteroatoms. The summed E-state index contributed by atoms with van der Waals surface area (Å²) in [4.78, 5) is 72.2. The zero-order valence-corrected chi connectivity index (χ0v) is 37.4. The molecule has 8 aromatic rings. The van der Waals surface area contributed by atoms with Crippen LogP contribution >= 0.6 is 0 Å². The van der Waals surface area contributed by atoms with Crippen LogP contribution in [0.25, 0.3) is 34.6 Å². The zero-order chi connectivity index (χ0) is 44.4. The molecule has 0 aliphatic rings. The van der Waals surface area contributed by atoms with Crippen molar-refractivity contribution in [2.45, 2.75) is 59.8 Å². The second kappa shape index (κ2) is 28.1. The van der Waals surface area contributed by atoms with Gasteiger partial charge in [0.25, 0.3) is 0 Å². The van der Waals surface area contributed by atoms with Gasteiger partial charge < -0.3 is 25.1 Å². The summed E-state index contributed by atoms with van der Waals surface area (Å²) in [6, 6.07) is 14.4. The molecule has 1 N–H and O–H groups in total. The van der Waals surface area contributed by atoms with Gasteiger partial charge in [-0.25, -0.2) is 54.6 Å². The molecule has 63 heavy (non-hydrogen) atoms. The number of esters is 1. The predicted molar refractivity (Wildman–Crippen MR) is 225 cm³/mol. The van der Waals surface area contributed by atoms with E-state index in [9.17, 15) is 14.4 Å². The monoisotopic (exact) mass is 1030 g/mol. The van der Waals surface area contributed by atoms with E-state index < -0.39 is 5.97 Å². The summed E-state index contributed by atoms with van der Waals surface area (Å²) in [6.45, 7) is 7.88. The molecule has 0 saturated heterocycles. The third-order valence-corrected chi connectivity index (χ3v) is 7.80. The maximum absolute atomic E-state index is 11.3. The molecule has 0 aliphatic heterocycles.